The molecule has 0 aromatic heterocycles. The first-order chi connectivity index (χ1) is 9.08. The van der Waals surface area contributed by atoms with Crippen molar-refractivity contribution in [2.24, 2.45) is 10.2 Å². The number of carboxylic acid groups (broad SMARTS) is 1. The summed E-state index contributed by atoms with van der Waals surface area (Å²) in [4.78, 5) is 10.6. The quantitative estimate of drug-likeness (QED) is 0.862. The van der Waals surface area contributed by atoms with Crippen LogP contribution in [0.5, 0.6) is 0 Å². The SMILES string of the molecule is CC.O=C(O)C1N=NC(c2ccc(F)cc2)=CN1O. The number of hydrogen-bond acceptors (Lipinski definition) is 5. The van der Waals surface area contributed by atoms with Crippen molar-refractivity contribution in [2.45, 2.75) is 20.0 Å². The predicted octanol–water partition coefficient (Wildman–Crippen LogP) is 2.72. The van der Waals surface area contributed by atoms with Crippen molar-refractivity contribution in [3.63, 3.8) is 0 Å². The molecule has 1 aromatic rings. The van der Waals surface area contributed by atoms with E-state index in [0.29, 0.717) is 10.6 Å². The molecule has 0 amide bonds. The number of hydroxylamine groups is 2. The van der Waals surface area contributed by atoms with Gasteiger partial charge < -0.3 is 5.11 Å². The fraction of sp³-hybridized carbons (Fsp3) is 0.250. The molecule has 1 heterocycles. The van der Waals surface area contributed by atoms with Gasteiger partial charge in [-0.2, -0.15) is 5.11 Å². The van der Waals surface area contributed by atoms with E-state index in [1.165, 1.54) is 24.3 Å². The average Bonchev–Trinajstić information content (AvgIpc) is 2.41. The third-order valence-electron chi connectivity index (χ3n) is 2.14. The lowest BCUT2D eigenvalue weighted by Gasteiger charge is -2.20. The molecular formula is C12H14FN3O3. The van der Waals surface area contributed by atoms with Crippen LogP contribution in [0.15, 0.2) is 40.7 Å². The predicted molar refractivity (Wildman–Crippen MR) is 65.6 cm³/mol. The molecule has 0 spiro atoms. The standard InChI is InChI=1S/C10H8FN3O3.C2H6/c11-7-3-1-6(2-4-7)8-5-14(17)9(10(15)16)13-12-8;1-2/h1-5,9,17H,(H,15,16);1-2H3. The summed E-state index contributed by atoms with van der Waals surface area (Å²) in [5.41, 5.74) is 0.781. The number of hydrogen-bond donors (Lipinski definition) is 2. The Hall–Kier alpha value is -2.28. The maximum atomic E-state index is 12.7. The van der Waals surface area contributed by atoms with E-state index in [9.17, 15) is 14.4 Å². The normalized spacial score (nSPS) is 17.4. The summed E-state index contributed by atoms with van der Waals surface area (Å²) in [6, 6.07) is 5.37. The minimum absolute atomic E-state index is 0.255. The number of carbonyl (C=O) groups is 1. The van der Waals surface area contributed by atoms with Crippen LogP contribution in [0.4, 0.5) is 4.39 Å². The van der Waals surface area contributed by atoms with Crippen molar-refractivity contribution in [1.29, 1.82) is 0 Å². The molecule has 0 fully saturated rings. The van der Waals surface area contributed by atoms with Crippen LogP contribution in [-0.2, 0) is 4.79 Å². The summed E-state index contributed by atoms with van der Waals surface area (Å²) < 4.78 is 12.7. The summed E-state index contributed by atoms with van der Waals surface area (Å²) in [5.74, 6) is -1.71. The van der Waals surface area contributed by atoms with Crippen LogP contribution < -0.4 is 0 Å². The van der Waals surface area contributed by atoms with Gasteiger partial charge in [0.15, 0.2) is 0 Å². The summed E-state index contributed by atoms with van der Waals surface area (Å²) >= 11 is 0. The minimum atomic E-state index is -1.45. The molecule has 1 unspecified atom stereocenters. The molecule has 2 rings (SSSR count). The Morgan fingerprint density at radius 2 is 1.89 bits per heavy atom. The molecule has 0 aliphatic carbocycles. The van der Waals surface area contributed by atoms with E-state index in [1.807, 2.05) is 13.8 Å². The topological polar surface area (TPSA) is 85.5 Å². The van der Waals surface area contributed by atoms with Gasteiger partial charge in [0, 0.05) is 5.56 Å². The fourth-order valence-electron chi connectivity index (χ4n) is 1.31. The van der Waals surface area contributed by atoms with E-state index in [-0.39, 0.29) is 5.70 Å². The van der Waals surface area contributed by atoms with Gasteiger partial charge in [-0.25, -0.2) is 14.2 Å². The van der Waals surface area contributed by atoms with Crippen LogP contribution in [-0.4, -0.2) is 27.5 Å². The summed E-state index contributed by atoms with van der Waals surface area (Å²) in [7, 11) is 0. The first-order valence-corrected chi connectivity index (χ1v) is 5.66. The molecule has 0 saturated carbocycles. The van der Waals surface area contributed by atoms with Crippen molar-refractivity contribution in [2.75, 3.05) is 0 Å². The lowest BCUT2D eigenvalue weighted by atomic mass is 10.1. The van der Waals surface area contributed by atoms with E-state index in [2.05, 4.69) is 10.2 Å². The lowest BCUT2D eigenvalue weighted by Crippen LogP contribution is -2.35. The van der Waals surface area contributed by atoms with Crippen LogP contribution >= 0.6 is 0 Å². The molecule has 7 heteroatoms. The van der Waals surface area contributed by atoms with Gasteiger partial charge in [0.2, 0.25) is 0 Å². The molecule has 1 aromatic carbocycles. The summed E-state index contributed by atoms with van der Waals surface area (Å²) in [5, 5.41) is 25.6. The van der Waals surface area contributed by atoms with E-state index in [4.69, 9.17) is 5.11 Å². The van der Waals surface area contributed by atoms with Crippen LogP contribution in [0.1, 0.15) is 19.4 Å². The first-order valence-electron chi connectivity index (χ1n) is 5.66. The van der Waals surface area contributed by atoms with Gasteiger partial charge in [-0.1, -0.05) is 13.8 Å². The maximum Gasteiger partial charge on any atom is 0.353 e. The second-order valence-electron chi connectivity index (χ2n) is 3.33. The highest BCUT2D eigenvalue weighted by Gasteiger charge is 2.25. The van der Waals surface area contributed by atoms with Crippen molar-refractivity contribution in [3.05, 3.63) is 41.8 Å². The molecule has 1 aliphatic heterocycles. The Morgan fingerprint density at radius 1 is 1.32 bits per heavy atom. The van der Waals surface area contributed by atoms with Crippen LogP contribution in [0.25, 0.3) is 5.70 Å². The third kappa shape index (κ3) is 3.59. The van der Waals surface area contributed by atoms with Crippen molar-refractivity contribution >= 4 is 11.7 Å². The smallest absolute Gasteiger partial charge is 0.353 e. The van der Waals surface area contributed by atoms with Crippen molar-refractivity contribution < 1.29 is 19.5 Å². The molecular weight excluding hydrogens is 253 g/mol. The Balaban J connectivity index is 0.000000861. The highest BCUT2D eigenvalue weighted by Crippen LogP contribution is 2.22. The average molecular weight is 267 g/mol. The molecule has 0 bridgehead atoms. The Bertz CT molecular complexity index is 499. The van der Waals surface area contributed by atoms with Gasteiger partial charge in [-0.15, -0.1) is 5.11 Å². The number of rotatable bonds is 2. The van der Waals surface area contributed by atoms with E-state index in [0.717, 1.165) is 6.20 Å². The van der Waals surface area contributed by atoms with Crippen LogP contribution in [0.3, 0.4) is 0 Å². The van der Waals surface area contributed by atoms with Crippen LogP contribution in [0.2, 0.25) is 0 Å². The second kappa shape index (κ2) is 6.60. The molecule has 0 saturated heterocycles. The second-order valence-corrected chi connectivity index (χ2v) is 3.33. The zero-order valence-electron chi connectivity index (χ0n) is 10.5. The number of azo groups is 1. The third-order valence-corrected chi connectivity index (χ3v) is 2.14. The summed E-state index contributed by atoms with van der Waals surface area (Å²) in [6.07, 6.45) is -0.321. The first kappa shape index (κ1) is 14.8. The number of aliphatic carboxylic acids is 1. The van der Waals surface area contributed by atoms with E-state index < -0.39 is 18.0 Å². The molecule has 1 atom stereocenters. The fourth-order valence-corrected chi connectivity index (χ4v) is 1.31. The lowest BCUT2D eigenvalue weighted by molar-refractivity contribution is -0.157. The van der Waals surface area contributed by atoms with E-state index in [1.54, 1.807) is 0 Å². The number of carboxylic acids is 1. The monoisotopic (exact) mass is 267 g/mol. The van der Waals surface area contributed by atoms with Gasteiger partial charge in [0.25, 0.3) is 6.17 Å². The Labute approximate surface area is 109 Å². The van der Waals surface area contributed by atoms with E-state index >= 15 is 0 Å². The molecule has 6 nitrogen and oxygen atoms in total. The minimum Gasteiger partial charge on any atom is -0.478 e. The maximum absolute atomic E-state index is 12.7. The van der Waals surface area contributed by atoms with Gasteiger partial charge in [0.1, 0.15) is 11.5 Å². The zero-order chi connectivity index (χ0) is 14.4. The molecule has 102 valence electrons. The number of benzene rings is 1. The molecule has 19 heavy (non-hydrogen) atoms. The van der Waals surface area contributed by atoms with Crippen molar-refractivity contribution in [3.8, 4) is 0 Å². The van der Waals surface area contributed by atoms with Gasteiger partial charge in [-0.3, -0.25) is 5.21 Å². The highest BCUT2D eigenvalue weighted by molar-refractivity contribution is 5.74. The zero-order valence-corrected chi connectivity index (χ0v) is 10.5. The van der Waals surface area contributed by atoms with Gasteiger partial charge >= 0.3 is 5.97 Å². The molecule has 0 radical (unpaired) electrons. The highest BCUT2D eigenvalue weighted by atomic mass is 19.1. The summed E-state index contributed by atoms with van der Waals surface area (Å²) in [6.45, 7) is 4.00. The largest absolute Gasteiger partial charge is 0.478 e. The molecule has 2 N–H and O–H groups in total. The van der Waals surface area contributed by atoms with Gasteiger partial charge in [-0.05, 0) is 24.3 Å². The van der Waals surface area contributed by atoms with Crippen LogP contribution in [0, 0.1) is 5.82 Å². The Kier molecular flexibility index (Phi) is 5.13. The van der Waals surface area contributed by atoms with Gasteiger partial charge in [0.05, 0.1) is 6.20 Å². The number of nitrogens with zero attached hydrogens (tertiary/aromatic N) is 3. The van der Waals surface area contributed by atoms with Crippen molar-refractivity contribution in [1.82, 2.24) is 5.06 Å². The number of halogens is 1. The molecule has 1 aliphatic rings. The Morgan fingerprint density at radius 3 is 2.37 bits per heavy atom.